The summed E-state index contributed by atoms with van der Waals surface area (Å²) in [6.45, 7) is 0.827. The molecule has 0 spiro atoms. The molecule has 1 rings (SSSR count). The first-order valence-electron chi connectivity index (χ1n) is 4.19. The van der Waals surface area contributed by atoms with Crippen molar-refractivity contribution in [1.29, 1.82) is 0 Å². The van der Waals surface area contributed by atoms with Crippen LogP contribution in [0.2, 0.25) is 0 Å². The molecule has 1 aliphatic rings. The van der Waals surface area contributed by atoms with Crippen LogP contribution < -0.4 is 5.32 Å². The fourth-order valence-electron chi connectivity index (χ4n) is 1.14. The van der Waals surface area contributed by atoms with Crippen molar-refractivity contribution in [3.05, 3.63) is 0 Å². The summed E-state index contributed by atoms with van der Waals surface area (Å²) in [5, 5.41) is 11.9. The highest BCUT2D eigenvalue weighted by molar-refractivity contribution is 7.98. The molecule has 0 unspecified atom stereocenters. The summed E-state index contributed by atoms with van der Waals surface area (Å²) in [4.78, 5) is 10.7. The molecular formula is C8H15NO2S. The number of nitrogens with one attached hydrogen (secondary N) is 1. The highest BCUT2D eigenvalue weighted by Gasteiger charge is 2.49. The standard InChI is InChI=1S/C8H15NO2S/c1-12-6-2-5-9-8(3-4-8)7(10)11/h9H,2-6H2,1H3,(H,10,11). The molecule has 0 atom stereocenters. The first kappa shape index (κ1) is 9.86. The van der Waals surface area contributed by atoms with Crippen LogP contribution in [-0.4, -0.2) is 35.2 Å². The second-order valence-electron chi connectivity index (χ2n) is 3.16. The van der Waals surface area contributed by atoms with Gasteiger partial charge in [0.2, 0.25) is 0 Å². The smallest absolute Gasteiger partial charge is 0.323 e. The number of thioether (sulfide) groups is 1. The average molecular weight is 189 g/mol. The molecule has 0 aromatic heterocycles. The van der Waals surface area contributed by atoms with Crippen molar-refractivity contribution in [1.82, 2.24) is 5.32 Å². The number of aliphatic carboxylic acids is 1. The van der Waals surface area contributed by atoms with E-state index in [9.17, 15) is 4.79 Å². The topological polar surface area (TPSA) is 49.3 Å². The molecule has 0 aromatic carbocycles. The molecule has 12 heavy (non-hydrogen) atoms. The van der Waals surface area contributed by atoms with E-state index < -0.39 is 11.5 Å². The van der Waals surface area contributed by atoms with Gasteiger partial charge in [-0.15, -0.1) is 0 Å². The maximum Gasteiger partial charge on any atom is 0.323 e. The van der Waals surface area contributed by atoms with E-state index >= 15 is 0 Å². The molecule has 3 nitrogen and oxygen atoms in total. The second kappa shape index (κ2) is 4.14. The number of carboxylic acid groups (broad SMARTS) is 1. The monoisotopic (exact) mass is 189 g/mol. The van der Waals surface area contributed by atoms with E-state index in [1.807, 2.05) is 0 Å². The minimum Gasteiger partial charge on any atom is -0.480 e. The molecule has 0 aromatic rings. The van der Waals surface area contributed by atoms with E-state index in [0.717, 1.165) is 31.6 Å². The maximum atomic E-state index is 10.7. The number of hydrogen-bond donors (Lipinski definition) is 2. The average Bonchev–Trinajstić information content (AvgIpc) is 2.79. The molecule has 70 valence electrons. The summed E-state index contributed by atoms with van der Waals surface area (Å²) in [6, 6.07) is 0. The fraction of sp³-hybridized carbons (Fsp3) is 0.875. The Balaban J connectivity index is 2.10. The molecule has 1 fully saturated rings. The van der Waals surface area contributed by atoms with Crippen LogP contribution in [0.15, 0.2) is 0 Å². The van der Waals surface area contributed by atoms with Gasteiger partial charge in [-0.05, 0) is 37.8 Å². The summed E-state index contributed by atoms with van der Waals surface area (Å²) >= 11 is 1.79. The van der Waals surface area contributed by atoms with Gasteiger partial charge in [-0.25, -0.2) is 0 Å². The van der Waals surface area contributed by atoms with Crippen LogP contribution in [0, 0.1) is 0 Å². The Morgan fingerprint density at radius 2 is 2.33 bits per heavy atom. The minimum atomic E-state index is -0.688. The number of carbonyl (C=O) groups is 1. The van der Waals surface area contributed by atoms with Gasteiger partial charge in [0.25, 0.3) is 0 Å². The molecule has 0 amide bonds. The van der Waals surface area contributed by atoms with Crippen molar-refractivity contribution in [2.75, 3.05) is 18.6 Å². The lowest BCUT2D eigenvalue weighted by molar-refractivity contribution is -0.140. The largest absolute Gasteiger partial charge is 0.480 e. The molecule has 4 heteroatoms. The van der Waals surface area contributed by atoms with Gasteiger partial charge in [0, 0.05) is 0 Å². The van der Waals surface area contributed by atoms with Crippen molar-refractivity contribution in [2.24, 2.45) is 0 Å². The van der Waals surface area contributed by atoms with Gasteiger partial charge in [0.1, 0.15) is 5.54 Å². The summed E-state index contributed by atoms with van der Waals surface area (Å²) < 4.78 is 0. The number of hydrogen-bond acceptors (Lipinski definition) is 3. The normalized spacial score (nSPS) is 19.1. The quantitative estimate of drug-likeness (QED) is 0.611. The molecule has 0 heterocycles. The molecule has 0 aliphatic heterocycles. The summed E-state index contributed by atoms with van der Waals surface area (Å²) in [5.41, 5.74) is -0.543. The summed E-state index contributed by atoms with van der Waals surface area (Å²) in [7, 11) is 0. The highest BCUT2D eigenvalue weighted by atomic mass is 32.2. The third-order valence-electron chi connectivity index (χ3n) is 2.15. The molecular weight excluding hydrogens is 174 g/mol. The molecule has 0 saturated heterocycles. The zero-order chi connectivity index (χ0) is 9.03. The van der Waals surface area contributed by atoms with E-state index in [-0.39, 0.29) is 0 Å². The van der Waals surface area contributed by atoms with Gasteiger partial charge in [0.05, 0.1) is 0 Å². The van der Waals surface area contributed by atoms with E-state index in [1.54, 1.807) is 11.8 Å². The molecule has 1 aliphatic carbocycles. The Morgan fingerprint density at radius 3 is 2.75 bits per heavy atom. The Hall–Kier alpha value is -0.220. The van der Waals surface area contributed by atoms with Gasteiger partial charge in [-0.2, -0.15) is 11.8 Å². The van der Waals surface area contributed by atoms with Crippen LogP contribution in [0.4, 0.5) is 0 Å². The van der Waals surface area contributed by atoms with Gasteiger partial charge >= 0.3 is 5.97 Å². The first-order valence-corrected chi connectivity index (χ1v) is 5.58. The predicted molar refractivity (Wildman–Crippen MR) is 50.6 cm³/mol. The second-order valence-corrected chi connectivity index (χ2v) is 4.15. The Kier molecular flexibility index (Phi) is 3.40. The minimum absolute atomic E-state index is 0.543. The maximum absolute atomic E-state index is 10.7. The van der Waals surface area contributed by atoms with Gasteiger partial charge in [0.15, 0.2) is 0 Å². The van der Waals surface area contributed by atoms with Crippen molar-refractivity contribution < 1.29 is 9.90 Å². The van der Waals surface area contributed by atoms with Crippen LogP contribution in [-0.2, 0) is 4.79 Å². The third-order valence-corrected chi connectivity index (χ3v) is 2.84. The fourth-order valence-corrected chi connectivity index (χ4v) is 1.57. The van der Waals surface area contributed by atoms with Gasteiger partial charge in [-0.1, -0.05) is 0 Å². The first-order chi connectivity index (χ1) is 5.71. The highest BCUT2D eigenvalue weighted by Crippen LogP contribution is 2.35. The number of rotatable bonds is 6. The Bertz CT molecular complexity index is 168. The van der Waals surface area contributed by atoms with E-state index in [0.29, 0.717) is 0 Å². The zero-order valence-electron chi connectivity index (χ0n) is 7.30. The van der Waals surface area contributed by atoms with Crippen LogP contribution >= 0.6 is 11.8 Å². The lowest BCUT2D eigenvalue weighted by Crippen LogP contribution is -2.39. The van der Waals surface area contributed by atoms with Crippen LogP contribution in [0.1, 0.15) is 19.3 Å². The lowest BCUT2D eigenvalue weighted by atomic mass is 10.2. The summed E-state index contributed by atoms with van der Waals surface area (Å²) in [6.07, 6.45) is 4.70. The number of carboxylic acids is 1. The van der Waals surface area contributed by atoms with E-state index in [2.05, 4.69) is 11.6 Å². The zero-order valence-corrected chi connectivity index (χ0v) is 8.12. The van der Waals surface area contributed by atoms with E-state index in [4.69, 9.17) is 5.11 Å². The van der Waals surface area contributed by atoms with Crippen molar-refractivity contribution >= 4 is 17.7 Å². The molecule has 2 N–H and O–H groups in total. The SMILES string of the molecule is CSCCCNC1(C(=O)O)CC1. The lowest BCUT2D eigenvalue weighted by Gasteiger charge is -2.11. The van der Waals surface area contributed by atoms with Gasteiger partial charge in [-0.3, -0.25) is 4.79 Å². The van der Waals surface area contributed by atoms with E-state index in [1.165, 1.54) is 0 Å². The van der Waals surface area contributed by atoms with Gasteiger partial charge < -0.3 is 10.4 Å². The third kappa shape index (κ3) is 2.38. The van der Waals surface area contributed by atoms with Crippen LogP contribution in [0.25, 0.3) is 0 Å². The Labute approximate surface area is 76.9 Å². The predicted octanol–water partition coefficient (Wildman–Crippen LogP) is 0.946. The van der Waals surface area contributed by atoms with Crippen molar-refractivity contribution in [3.8, 4) is 0 Å². The molecule has 1 saturated carbocycles. The van der Waals surface area contributed by atoms with Crippen LogP contribution in [0.3, 0.4) is 0 Å². The molecule has 0 bridgehead atoms. The van der Waals surface area contributed by atoms with Crippen molar-refractivity contribution in [2.45, 2.75) is 24.8 Å². The summed E-state index contributed by atoms with van der Waals surface area (Å²) in [5.74, 6) is 0.412. The Morgan fingerprint density at radius 1 is 1.67 bits per heavy atom. The van der Waals surface area contributed by atoms with Crippen molar-refractivity contribution in [3.63, 3.8) is 0 Å². The van der Waals surface area contributed by atoms with Crippen LogP contribution in [0.5, 0.6) is 0 Å². The molecule has 0 radical (unpaired) electrons.